The summed E-state index contributed by atoms with van der Waals surface area (Å²) >= 11 is 1.47. The number of aromatic nitrogens is 2. The molecule has 0 atom stereocenters. The van der Waals surface area contributed by atoms with Gasteiger partial charge in [-0.1, -0.05) is 42.0 Å². The van der Waals surface area contributed by atoms with E-state index in [-0.39, 0.29) is 5.92 Å². The lowest BCUT2D eigenvalue weighted by Gasteiger charge is -2.39. The number of amides is 1. The zero-order valence-electron chi connectivity index (χ0n) is 21.2. The molecule has 36 heavy (non-hydrogen) atoms. The number of rotatable bonds is 7. The summed E-state index contributed by atoms with van der Waals surface area (Å²) in [7, 11) is 0. The van der Waals surface area contributed by atoms with Crippen LogP contribution in [0.4, 0.5) is 10.8 Å². The number of benzene rings is 2. The molecule has 0 spiro atoms. The summed E-state index contributed by atoms with van der Waals surface area (Å²) in [5.41, 5.74) is 3.62. The Bertz CT molecular complexity index is 1150. The van der Waals surface area contributed by atoms with E-state index in [1.165, 1.54) is 22.7 Å². The van der Waals surface area contributed by atoms with Crippen LogP contribution in [0.5, 0.6) is 5.75 Å². The van der Waals surface area contributed by atoms with Crippen LogP contribution in [0.2, 0.25) is 0 Å². The molecule has 5 rings (SSSR count). The first-order chi connectivity index (χ1) is 17.6. The SMILES string of the molecule is CCOc1ccccc1N1CCN(C(=O)C2CCN(c3nc(Cc4ccc(C)cc4)ns3)CC2)CC1. The lowest BCUT2D eigenvalue weighted by Crippen LogP contribution is -2.51. The van der Waals surface area contributed by atoms with Gasteiger partial charge in [0.25, 0.3) is 0 Å². The van der Waals surface area contributed by atoms with E-state index >= 15 is 0 Å². The number of hydrogen-bond acceptors (Lipinski definition) is 7. The first-order valence-electron chi connectivity index (χ1n) is 13.0. The molecular weight excluding hydrogens is 470 g/mol. The molecule has 2 aromatic carbocycles. The number of anilines is 2. The fraction of sp³-hybridized carbons (Fsp3) is 0.464. The number of aryl methyl sites for hydroxylation is 1. The number of para-hydroxylation sites is 2. The van der Waals surface area contributed by atoms with Crippen LogP contribution >= 0.6 is 11.5 Å². The van der Waals surface area contributed by atoms with Crippen LogP contribution in [0.1, 0.15) is 36.7 Å². The van der Waals surface area contributed by atoms with Gasteiger partial charge in [0, 0.05) is 63.1 Å². The number of piperidine rings is 1. The summed E-state index contributed by atoms with van der Waals surface area (Å²) in [6, 6.07) is 16.7. The van der Waals surface area contributed by atoms with Gasteiger partial charge in [-0.3, -0.25) is 4.79 Å². The average molecular weight is 506 g/mol. The maximum Gasteiger partial charge on any atom is 0.225 e. The molecule has 2 saturated heterocycles. The quantitative estimate of drug-likeness (QED) is 0.474. The highest BCUT2D eigenvalue weighted by Crippen LogP contribution is 2.30. The second kappa shape index (κ2) is 11.3. The maximum absolute atomic E-state index is 13.3. The van der Waals surface area contributed by atoms with Crippen molar-refractivity contribution in [3.8, 4) is 5.75 Å². The topological polar surface area (TPSA) is 61.8 Å². The van der Waals surface area contributed by atoms with Crippen molar-refractivity contribution in [2.45, 2.75) is 33.1 Å². The molecule has 0 saturated carbocycles. The van der Waals surface area contributed by atoms with Gasteiger partial charge in [-0.25, -0.2) is 4.98 Å². The Morgan fingerprint density at radius 2 is 1.69 bits per heavy atom. The van der Waals surface area contributed by atoms with Gasteiger partial charge in [0.2, 0.25) is 11.0 Å². The van der Waals surface area contributed by atoms with Crippen molar-refractivity contribution in [3.63, 3.8) is 0 Å². The largest absolute Gasteiger partial charge is 0.492 e. The molecule has 0 unspecified atom stereocenters. The highest BCUT2D eigenvalue weighted by molar-refractivity contribution is 7.09. The van der Waals surface area contributed by atoms with Crippen molar-refractivity contribution in [1.82, 2.24) is 14.3 Å². The Kier molecular flexibility index (Phi) is 7.70. The highest BCUT2D eigenvalue weighted by Gasteiger charge is 2.31. The summed E-state index contributed by atoms with van der Waals surface area (Å²) in [5, 5.41) is 0.976. The first kappa shape index (κ1) is 24.6. The van der Waals surface area contributed by atoms with E-state index in [2.05, 4.69) is 56.3 Å². The molecule has 0 aliphatic carbocycles. The van der Waals surface area contributed by atoms with Crippen LogP contribution in [0.15, 0.2) is 48.5 Å². The van der Waals surface area contributed by atoms with Crippen LogP contribution in [0, 0.1) is 12.8 Å². The standard InChI is InChI=1S/C28H35N5O2S/c1-3-35-25-7-5-4-6-24(25)31-16-18-32(19-17-31)27(34)23-12-14-33(15-13-23)28-29-26(30-36-28)20-22-10-8-21(2)9-11-22/h4-11,23H,3,12-20H2,1-2H3. The third-order valence-corrected chi connectivity index (χ3v) is 7.97. The zero-order chi connectivity index (χ0) is 24.9. The summed E-state index contributed by atoms with van der Waals surface area (Å²) in [4.78, 5) is 24.8. The molecule has 190 valence electrons. The molecule has 0 bridgehead atoms. The summed E-state index contributed by atoms with van der Waals surface area (Å²) in [5.74, 6) is 2.21. The average Bonchev–Trinajstić information content (AvgIpc) is 3.39. The molecule has 7 nitrogen and oxygen atoms in total. The van der Waals surface area contributed by atoms with E-state index in [1.807, 2.05) is 25.1 Å². The lowest BCUT2D eigenvalue weighted by atomic mass is 9.95. The first-order valence-corrected chi connectivity index (χ1v) is 13.8. The predicted octanol–water partition coefficient (Wildman–Crippen LogP) is 4.40. The number of piperazine rings is 1. The van der Waals surface area contributed by atoms with E-state index < -0.39 is 0 Å². The van der Waals surface area contributed by atoms with Gasteiger partial charge in [0.05, 0.1) is 12.3 Å². The third-order valence-electron chi connectivity index (χ3n) is 7.15. The molecule has 3 heterocycles. The number of carbonyl (C=O) groups is 1. The van der Waals surface area contributed by atoms with E-state index in [0.717, 1.165) is 80.9 Å². The molecule has 2 aliphatic rings. The van der Waals surface area contributed by atoms with E-state index in [4.69, 9.17) is 9.72 Å². The number of ether oxygens (including phenoxy) is 1. The highest BCUT2D eigenvalue weighted by atomic mass is 32.1. The summed E-state index contributed by atoms with van der Waals surface area (Å²) < 4.78 is 10.4. The van der Waals surface area contributed by atoms with E-state index in [0.29, 0.717) is 12.5 Å². The molecule has 8 heteroatoms. The maximum atomic E-state index is 13.3. The minimum absolute atomic E-state index is 0.100. The minimum Gasteiger partial charge on any atom is -0.492 e. The predicted molar refractivity (Wildman–Crippen MR) is 145 cm³/mol. The molecular formula is C28H35N5O2S. The second-order valence-corrected chi connectivity index (χ2v) is 10.4. The molecule has 1 aromatic heterocycles. The van der Waals surface area contributed by atoms with E-state index in [1.54, 1.807) is 0 Å². The van der Waals surface area contributed by atoms with Crippen molar-refractivity contribution in [3.05, 3.63) is 65.5 Å². The van der Waals surface area contributed by atoms with Crippen LogP contribution in [0.3, 0.4) is 0 Å². The third kappa shape index (κ3) is 5.64. The van der Waals surface area contributed by atoms with Gasteiger partial charge >= 0.3 is 0 Å². The fourth-order valence-electron chi connectivity index (χ4n) is 5.07. The second-order valence-electron chi connectivity index (χ2n) is 9.63. The van der Waals surface area contributed by atoms with E-state index in [9.17, 15) is 4.79 Å². The Hall–Kier alpha value is -3.13. The normalized spacial score (nSPS) is 16.9. The molecule has 2 aliphatic heterocycles. The summed E-state index contributed by atoms with van der Waals surface area (Å²) in [6.45, 7) is 9.67. The van der Waals surface area contributed by atoms with Crippen molar-refractivity contribution < 1.29 is 9.53 Å². The molecule has 2 fully saturated rings. The Labute approximate surface area is 217 Å². The van der Waals surface area contributed by atoms with Crippen molar-refractivity contribution in [1.29, 1.82) is 0 Å². The summed E-state index contributed by atoms with van der Waals surface area (Å²) in [6.07, 6.45) is 2.50. The van der Waals surface area contributed by atoms with Gasteiger partial charge in [-0.2, -0.15) is 4.37 Å². The minimum atomic E-state index is 0.100. The van der Waals surface area contributed by atoms with Crippen LogP contribution < -0.4 is 14.5 Å². The Balaban J connectivity index is 1.11. The van der Waals surface area contributed by atoms with Gasteiger partial charge in [0.1, 0.15) is 11.6 Å². The monoisotopic (exact) mass is 505 g/mol. The van der Waals surface area contributed by atoms with Crippen molar-refractivity contribution in [2.24, 2.45) is 5.92 Å². The molecule has 1 amide bonds. The number of hydrogen-bond donors (Lipinski definition) is 0. The molecule has 0 N–H and O–H groups in total. The van der Waals surface area contributed by atoms with Crippen LogP contribution in [-0.4, -0.2) is 66.0 Å². The Morgan fingerprint density at radius 3 is 2.42 bits per heavy atom. The van der Waals surface area contributed by atoms with Gasteiger partial charge in [-0.15, -0.1) is 0 Å². The Morgan fingerprint density at radius 1 is 0.972 bits per heavy atom. The zero-order valence-corrected chi connectivity index (χ0v) is 22.0. The van der Waals surface area contributed by atoms with Crippen molar-refractivity contribution in [2.75, 3.05) is 55.7 Å². The van der Waals surface area contributed by atoms with Gasteiger partial charge < -0.3 is 19.4 Å². The van der Waals surface area contributed by atoms with Crippen LogP contribution in [-0.2, 0) is 11.2 Å². The fourth-order valence-corrected chi connectivity index (χ4v) is 5.81. The molecule has 0 radical (unpaired) electrons. The number of carbonyl (C=O) groups excluding carboxylic acids is 1. The molecule has 3 aromatic rings. The van der Waals surface area contributed by atoms with Crippen LogP contribution in [0.25, 0.3) is 0 Å². The van der Waals surface area contributed by atoms with Crippen molar-refractivity contribution >= 4 is 28.3 Å². The van der Waals surface area contributed by atoms with Gasteiger partial charge in [-0.05, 0) is 44.4 Å². The van der Waals surface area contributed by atoms with Gasteiger partial charge in [0.15, 0.2) is 0 Å². The lowest BCUT2D eigenvalue weighted by molar-refractivity contribution is -0.136. The smallest absolute Gasteiger partial charge is 0.225 e. The number of nitrogens with zero attached hydrogens (tertiary/aromatic N) is 5.